The molecule has 1 saturated heterocycles. The molecule has 1 amide bonds. The Morgan fingerprint density at radius 3 is 2.76 bits per heavy atom. The summed E-state index contributed by atoms with van der Waals surface area (Å²) >= 11 is 5.12. The van der Waals surface area contributed by atoms with Crippen LogP contribution in [0.2, 0.25) is 0 Å². The first-order chi connectivity index (χ1) is 10.2. The second kappa shape index (κ2) is 5.41. The zero-order valence-electron chi connectivity index (χ0n) is 10.8. The van der Waals surface area contributed by atoms with E-state index >= 15 is 0 Å². The maximum atomic E-state index is 13.8. The summed E-state index contributed by atoms with van der Waals surface area (Å²) in [5.74, 6) is -0.897. The van der Waals surface area contributed by atoms with E-state index in [1.165, 1.54) is 12.1 Å². The third-order valence-corrected chi connectivity index (χ3v) is 3.25. The van der Waals surface area contributed by atoms with Gasteiger partial charge in [0.2, 0.25) is 0 Å². The van der Waals surface area contributed by atoms with Crippen molar-refractivity contribution in [1.29, 1.82) is 0 Å². The maximum absolute atomic E-state index is 13.8. The van der Waals surface area contributed by atoms with E-state index in [-0.39, 0.29) is 16.5 Å². The third-order valence-electron chi connectivity index (χ3n) is 2.97. The molecule has 1 aromatic heterocycles. The average molecular weight is 299 g/mol. The van der Waals surface area contributed by atoms with Crippen molar-refractivity contribution in [3.8, 4) is 0 Å². The molecule has 0 spiro atoms. The number of carbonyl (C=O) groups excluding carboxylic acids is 1. The highest BCUT2D eigenvalue weighted by molar-refractivity contribution is 7.80. The number of hydrogen-bond donors (Lipinski definition) is 1. The van der Waals surface area contributed by atoms with Crippen molar-refractivity contribution in [2.24, 2.45) is 0 Å². The molecule has 2 heterocycles. The van der Waals surface area contributed by atoms with Crippen LogP contribution in [-0.2, 0) is 4.79 Å². The quantitative estimate of drug-likeness (QED) is 0.683. The number of para-hydroxylation sites is 1. The van der Waals surface area contributed by atoms with E-state index in [9.17, 15) is 9.18 Å². The zero-order valence-corrected chi connectivity index (χ0v) is 11.6. The standard InChI is InChI=1S/C15H10FN3OS/c16-11-5-1-2-6-13(11)19-14(20)12(18-15(19)21)8-10-4-3-7-17-9-10/h1-9H,(H,18,21)/b12-8-. The topological polar surface area (TPSA) is 45.2 Å². The van der Waals surface area contributed by atoms with E-state index in [2.05, 4.69) is 10.3 Å². The average Bonchev–Trinajstić information content (AvgIpc) is 2.76. The summed E-state index contributed by atoms with van der Waals surface area (Å²) in [6.45, 7) is 0. The van der Waals surface area contributed by atoms with Crippen LogP contribution in [0.1, 0.15) is 5.56 Å². The Morgan fingerprint density at radius 1 is 1.24 bits per heavy atom. The van der Waals surface area contributed by atoms with Gasteiger partial charge in [-0.1, -0.05) is 18.2 Å². The van der Waals surface area contributed by atoms with Crippen LogP contribution in [0.5, 0.6) is 0 Å². The molecular formula is C15H10FN3OS. The second-order valence-electron chi connectivity index (χ2n) is 4.37. The minimum atomic E-state index is -0.502. The largest absolute Gasteiger partial charge is 0.327 e. The number of halogens is 1. The second-order valence-corrected chi connectivity index (χ2v) is 4.75. The van der Waals surface area contributed by atoms with E-state index in [1.54, 1.807) is 36.7 Å². The predicted molar refractivity (Wildman–Crippen MR) is 81.8 cm³/mol. The van der Waals surface area contributed by atoms with E-state index in [1.807, 2.05) is 6.07 Å². The Morgan fingerprint density at radius 2 is 2.05 bits per heavy atom. The van der Waals surface area contributed by atoms with Crippen LogP contribution in [0.15, 0.2) is 54.5 Å². The number of benzene rings is 1. The first kappa shape index (κ1) is 13.4. The fraction of sp³-hybridized carbons (Fsp3) is 0. The summed E-state index contributed by atoms with van der Waals surface area (Å²) < 4.78 is 13.8. The molecule has 1 aromatic carbocycles. The number of amides is 1. The van der Waals surface area contributed by atoms with Gasteiger partial charge in [0.05, 0.1) is 5.69 Å². The minimum absolute atomic E-state index is 0.134. The number of rotatable bonds is 2. The summed E-state index contributed by atoms with van der Waals surface area (Å²) in [7, 11) is 0. The Balaban J connectivity index is 1.97. The van der Waals surface area contributed by atoms with Crippen LogP contribution < -0.4 is 10.2 Å². The van der Waals surface area contributed by atoms with Crippen molar-refractivity contribution in [3.05, 3.63) is 65.9 Å². The van der Waals surface area contributed by atoms with Gasteiger partial charge >= 0.3 is 0 Å². The van der Waals surface area contributed by atoms with E-state index in [0.717, 1.165) is 10.5 Å². The molecular weight excluding hydrogens is 289 g/mol. The number of hydrogen-bond acceptors (Lipinski definition) is 3. The lowest BCUT2D eigenvalue weighted by atomic mass is 10.2. The molecule has 0 saturated carbocycles. The van der Waals surface area contributed by atoms with Crippen molar-refractivity contribution >= 4 is 35.0 Å². The molecule has 4 nitrogen and oxygen atoms in total. The van der Waals surface area contributed by atoms with Crippen LogP contribution >= 0.6 is 12.2 Å². The van der Waals surface area contributed by atoms with Crippen molar-refractivity contribution in [3.63, 3.8) is 0 Å². The third kappa shape index (κ3) is 2.53. The lowest BCUT2D eigenvalue weighted by molar-refractivity contribution is -0.113. The van der Waals surface area contributed by atoms with Crippen molar-refractivity contribution < 1.29 is 9.18 Å². The summed E-state index contributed by atoms with van der Waals surface area (Å²) in [6.07, 6.45) is 4.89. The lowest BCUT2D eigenvalue weighted by Gasteiger charge is -2.14. The van der Waals surface area contributed by atoms with Gasteiger partial charge in [-0.2, -0.15) is 0 Å². The molecule has 0 aliphatic carbocycles. The highest BCUT2D eigenvalue weighted by atomic mass is 32.1. The Bertz CT molecular complexity index is 746. The predicted octanol–water partition coefficient (Wildman–Crippen LogP) is 2.48. The number of pyridine rings is 1. The first-order valence-corrected chi connectivity index (χ1v) is 6.59. The molecule has 104 valence electrons. The highest BCUT2D eigenvalue weighted by Gasteiger charge is 2.33. The summed E-state index contributed by atoms with van der Waals surface area (Å²) in [4.78, 5) is 17.5. The SMILES string of the molecule is O=C1/C(=C/c2cccnc2)NC(=S)N1c1ccccc1F. The molecule has 0 atom stereocenters. The molecule has 6 heteroatoms. The van der Waals surface area contributed by atoms with Crippen LogP contribution in [-0.4, -0.2) is 16.0 Å². The fourth-order valence-electron chi connectivity index (χ4n) is 2.01. The van der Waals surface area contributed by atoms with Crippen molar-refractivity contribution in [1.82, 2.24) is 10.3 Å². The van der Waals surface area contributed by atoms with Crippen molar-refractivity contribution in [2.75, 3.05) is 4.90 Å². The van der Waals surface area contributed by atoms with Gasteiger partial charge in [-0.3, -0.25) is 9.78 Å². The summed E-state index contributed by atoms with van der Waals surface area (Å²) in [6, 6.07) is 9.57. The lowest BCUT2D eigenvalue weighted by Crippen LogP contribution is -2.31. The Hall–Kier alpha value is -2.60. The minimum Gasteiger partial charge on any atom is -0.327 e. The molecule has 3 rings (SSSR count). The maximum Gasteiger partial charge on any atom is 0.281 e. The van der Waals surface area contributed by atoms with Crippen LogP contribution in [0.25, 0.3) is 6.08 Å². The van der Waals surface area contributed by atoms with E-state index in [4.69, 9.17) is 12.2 Å². The number of carbonyl (C=O) groups is 1. The van der Waals surface area contributed by atoms with Gasteiger partial charge in [-0.25, -0.2) is 9.29 Å². The zero-order chi connectivity index (χ0) is 14.8. The van der Waals surface area contributed by atoms with Gasteiger partial charge in [0.15, 0.2) is 5.11 Å². The molecule has 1 N–H and O–H groups in total. The summed E-state index contributed by atoms with van der Waals surface area (Å²) in [5, 5.41) is 2.96. The van der Waals surface area contributed by atoms with Gasteiger partial charge in [0.25, 0.3) is 5.91 Å². The summed E-state index contributed by atoms with van der Waals surface area (Å²) in [5.41, 5.74) is 1.18. The first-order valence-electron chi connectivity index (χ1n) is 6.18. The molecule has 2 aromatic rings. The number of nitrogens with one attached hydrogen (secondary N) is 1. The van der Waals surface area contributed by atoms with Crippen LogP contribution in [0, 0.1) is 5.82 Å². The molecule has 21 heavy (non-hydrogen) atoms. The Kier molecular flexibility index (Phi) is 3.45. The highest BCUT2D eigenvalue weighted by Crippen LogP contribution is 2.24. The van der Waals surface area contributed by atoms with E-state index in [0.29, 0.717) is 0 Å². The molecule has 0 bridgehead atoms. The molecule has 1 fully saturated rings. The van der Waals surface area contributed by atoms with Gasteiger partial charge < -0.3 is 5.32 Å². The normalized spacial score (nSPS) is 16.4. The van der Waals surface area contributed by atoms with Gasteiger partial charge in [0, 0.05) is 12.4 Å². The fourth-order valence-corrected chi connectivity index (χ4v) is 2.31. The number of aromatic nitrogens is 1. The van der Waals surface area contributed by atoms with Crippen LogP contribution in [0.3, 0.4) is 0 Å². The van der Waals surface area contributed by atoms with E-state index < -0.39 is 11.7 Å². The molecule has 0 radical (unpaired) electrons. The van der Waals surface area contributed by atoms with Crippen molar-refractivity contribution in [2.45, 2.75) is 0 Å². The van der Waals surface area contributed by atoms with Gasteiger partial charge in [-0.05, 0) is 42.1 Å². The monoisotopic (exact) mass is 299 g/mol. The molecule has 0 unspecified atom stereocenters. The smallest absolute Gasteiger partial charge is 0.281 e. The van der Waals surface area contributed by atoms with Gasteiger partial charge in [0.1, 0.15) is 11.5 Å². The van der Waals surface area contributed by atoms with Crippen LogP contribution in [0.4, 0.5) is 10.1 Å². The number of thiocarbonyl (C=S) groups is 1. The van der Waals surface area contributed by atoms with Gasteiger partial charge in [-0.15, -0.1) is 0 Å². The molecule has 1 aliphatic rings. The number of nitrogens with zero attached hydrogens (tertiary/aromatic N) is 2. The Labute approximate surface area is 125 Å². The number of anilines is 1. The molecule has 1 aliphatic heterocycles.